The van der Waals surface area contributed by atoms with Gasteiger partial charge in [0.1, 0.15) is 4.21 Å². The summed E-state index contributed by atoms with van der Waals surface area (Å²) in [5, 5.41) is 0. The summed E-state index contributed by atoms with van der Waals surface area (Å²) >= 11 is 1.31. The lowest BCUT2D eigenvalue weighted by atomic mass is 10.0. The van der Waals surface area contributed by atoms with Gasteiger partial charge in [-0.05, 0) is 51.5 Å². The first-order chi connectivity index (χ1) is 9.53. The van der Waals surface area contributed by atoms with E-state index >= 15 is 0 Å². The second-order valence-electron chi connectivity index (χ2n) is 5.24. The van der Waals surface area contributed by atoms with Crippen LogP contribution in [0.1, 0.15) is 24.1 Å². The van der Waals surface area contributed by atoms with Crippen molar-refractivity contribution in [2.45, 2.75) is 35.9 Å². The van der Waals surface area contributed by atoms with Crippen molar-refractivity contribution in [3.63, 3.8) is 0 Å². The molecular formula is C13H23N3O2S2. The van der Waals surface area contributed by atoms with Gasteiger partial charge >= 0.3 is 0 Å². The van der Waals surface area contributed by atoms with E-state index in [2.05, 4.69) is 16.7 Å². The fraction of sp³-hybridized carbons (Fsp3) is 0.692. The van der Waals surface area contributed by atoms with E-state index in [9.17, 15) is 8.42 Å². The Hall–Kier alpha value is -0.470. The summed E-state index contributed by atoms with van der Waals surface area (Å²) in [5.74, 6) is 0. The summed E-state index contributed by atoms with van der Waals surface area (Å²) in [5.41, 5.74) is 5.49. The van der Waals surface area contributed by atoms with Crippen molar-refractivity contribution in [3.05, 3.63) is 17.0 Å². The number of thiophene rings is 1. The minimum Gasteiger partial charge on any atom is -0.330 e. The molecule has 2 heterocycles. The van der Waals surface area contributed by atoms with Gasteiger partial charge in [-0.1, -0.05) is 6.42 Å². The molecule has 0 radical (unpaired) electrons. The van der Waals surface area contributed by atoms with E-state index in [4.69, 9.17) is 5.73 Å². The zero-order valence-corrected chi connectivity index (χ0v) is 13.5. The van der Waals surface area contributed by atoms with Gasteiger partial charge in [-0.25, -0.2) is 13.1 Å². The quantitative estimate of drug-likeness (QED) is 0.821. The van der Waals surface area contributed by atoms with Gasteiger partial charge in [-0.3, -0.25) is 0 Å². The molecule has 1 fully saturated rings. The molecule has 1 saturated heterocycles. The number of likely N-dealkylation sites (N-methyl/N-ethyl adjacent to an activating group) is 1. The van der Waals surface area contributed by atoms with Gasteiger partial charge in [0.05, 0.1) is 0 Å². The van der Waals surface area contributed by atoms with Gasteiger partial charge in [0.2, 0.25) is 10.0 Å². The predicted molar refractivity (Wildman–Crippen MR) is 82.5 cm³/mol. The zero-order chi connectivity index (χ0) is 14.6. The van der Waals surface area contributed by atoms with Crippen molar-refractivity contribution in [2.24, 2.45) is 5.73 Å². The third-order valence-corrected chi connectivity index (χ3v) is 6.78. The van der Waals surface area contributed by atoms with Gasteiger partial charge in [-0.2, -0.15) is 0 Å². The lowest BCUT2D eigenvalue weighted by Gasteiger charge is -2.32. The Balaban J connectivity index is 1.95. The van der Waals surface area contributed by atoms with Crippen molar-refractivity contribution >= 4 is 21.4 Å². The highest BCUT2D eigenvalue weighted by molar-refractivity contribution is 7.91. The van der Waals surface area contributed by atoms with Gasteiger partial charge < -0.3 is 10.6 Å². The summed E-state index contributed by atoms with van der Waals surface area (Å²) in [6.45, 7) is 2.08. The maximum absolute atomic E-state index is 12.2. The van der Waals surface area contributed by atoms with Crippen LogP contribution < -0.4 is 10.5 Å². The summed E-state index contributed by atoms with van der Waals surface area (Å²) in [6.07, 6.45) is 4.16. The molecule has 5 nitrogen and oxygen atoms in total. The van der Waals surface area contributed by atoms with Gasteiger partial charge in [0, 0.05) is 17.5 Å². The van der Waals surface area contributed by atoms with Crippen molar-refractivity contribution < 1.29 is 8.42 Å². The molecule has 0 aliphatic carbocycles. The van der Waals surface area contributed by atoms with Crippen molar-refractivity contribution in [3.8, 4) is 0 Å². The van der Waals surface area contributed by atoms with E-state index in [1.165, 1.54) is 24.2 Å². The summed E-state index contributed by atoms with van der Waals surface area (Å²) < 4.78 is 27.6. The Morgan fingerprint density at radius 3 is 2.95 bits per heavy atom. The highest BCUT2D eigenvalue weighted by Gasteiger charge is 2.22. The highest BCUT2D eigenvalue weighted by Crippen LogP contribution is 2.22. The summed E-state index contributed by atoms with van der Waals surface area (Å²) in [7, 11) is -1.32. The molecule has 0 spiro atoms. The number of rotatable bonds is 6. The van der Waals surface area contributed by atoms with Crippen LogP contribution in [0.5, 0.6) is 0 Å². The van der Waals surface area contributed by atoms with E-state index < -0.39 is 10.0 Å². The molecule has 1 aliphatic heterocycles. The lowest BCUT2D eigenvalue weighted by molar-refractivity contribution is 0.187. The summed E-state index contributed by atoms with van der Waals surface area (Å²) in [4.78, 5) is 3.25. The van der Waals surface area contributed by atoms with Crippen LogP contribution >= 0.6 is 11.3 Å². The minimum absolute atomic E-state index is 0.307. The molecule has 1 aliphatic rings. The molecule has 2 rings (SSSR count). The second kappa shape index (κ2) is 7.00. The number of nitrogens with zero attached hydrogens (tertiary/aromatic N) is 1. The Morgan fingerprint density at radius 1 is 1.45 bits per heavy atom. The maximum atomic E-state index is 12.2. The van der Waals surface area contributed by atoms with E-state index in [0.717, 1.165) is 24.3 Å². The number of sulfonamides is 1. The fourth-order valence-corrected chi connectivity index (χ4v) is 4.95. The molecular weight excluding hydrogens is 294 g/mol. The Labute approximate surface area is 125 Å². The third-order valence-electron chi connectivity index (χ3n) is 3.72. The number of likely N-dealkylation sites (tertiary alicyclic amines) is 1. The van der Waals surface area contributed by atoms with Crippen molar-refractivity contribution in [1.29, 1.82) is 0 Å². The Morgan fingerprint density at radius 2 is 2.25 bits per heavy atom. The number of hydrogen-bond donors (Lipinski definition) is 2. The molecule has 0 amide bonds. The lowest BCUT2D eigenvalue weighted by Crippen LogP contribution is -2.44. The molecule has 1 atom stereocenters. The zero-order valence-electron chi connectivity index (χ0n) is 11.8. The van der Waals surface area contributed by atoms with Crippen LogP contribution in [0.15, 0.2) is 16.3 Å². The third kappa shape index (κ3) is 4.02. The van der Waals surface area contributed by atoms with Crippen LogP contribution in [-0.2, 0) is 16.4 Å². The molecule has 1 aromatic rings. The van der Waals surface area contributed by atoms with Crippen LogP contribution in [0.4, 0.5) is 0 Å². The normalized spacial score (nSPS) is 21.2. The molecule has 7 heteroatoms. The van der Waals surface area contributed by atoms with Crippen molar-refractivity contribution in [2.75, 3.05) is 26.7 Å². The van der Waals surface area contributed by atoms with Crippen LogP contribution in [0.2, 0.25) is 0 Å². The number of hydrogen-bond acceptors (Lipinski definition) is 5. The highest BCUT2D eigenvalue weighted by atomic mass is 32.2. The first kappa shape index (κ1) is 15.9. The van der Waals surface area contributed by atoms with E-state index in [1.54, 1.807) is 6.07 Å². The van der Waals surface area contributed by atoms with Crippen LogP contribution in [0.3, 0.4) is 0 Å². The van der Waals surface area contributed by atoms with E-state index in [-0.39, 0.29) is 0 Å². The van der Waals surface area contributed by atoms with Crippen LogP contribution in [-0.4, -0.2) is 46.0 Å². The standard InChI is InChI=1S/C13H23N3O2S2/c1-16-9-3-2-4-11(16)10-15-20(17,18)13-6-5-12(19-13)7-8-14/h5-6,11,15H,2-4,7-10,14H2,1H3. The van der Waals surface area contributed by atoms with Gasteiger partial charge in [0.15, 0.2) is 0 Å². The first-order valence-electron chi connectivity index (χ1n) is 7.01. The SMILES string of the molecule is CN1CCCCC1CNS(=O)(=O)c1ccc(CCN)s1. The molecule has 0 aromatic carbocycles. The van der Waals surface area contributed by atoms with Crippen LogP contribution in [0, 0.1) is 0 Å². The molecule has 0 saturated carbocycles. The average Bonchev–Trinajstić information content (AvgIpc) is 2.88. The van der Waals surface area contributed by atoms with Gasteiger partial charge in [0.25, 0.3) is 0 Å². The van der Waals surface area contributed by atoms with Crippen LogP contribution in [0.25, 0.3) is 0 Å². The van der Waals surface area contributed by atoms with Gasteiger partial charge in [-0.15, -0.1) is 11.3 Å². The molecule has 1 unspecified atom stereocenters. The Bertz CT molecular complexity index is 527. The predicted octanol–water partition coefficient (Wildman–Crippen LogP) is 1.01. The molecule has 3 N–H and O–H groups in total. The fourth-order valence-electron chi connectivity index (χ4n) is 2.46. The van der Waals surface area contributed by atoms with Crippen molar-refractivity contribution in [1.82, 2.24) is 9.62 Å². The summed E-state index contributed by atoms with van der Waals surface area (Å²) in [6, 6.07) is 3.82. The molecule has 1 aromatic heterocycles. The monoisotopic (exact) mass is 317 g/mol. The number of nitrogens with two attached hydrogens (primary N) is 1. The molecule has 20 heavy (non-hydrogen) atoms. The molecule has 0 bridgehead atoms. The average molecular weight is 317 g/mol. The van der Waals surface area contributed by atoms with E-state index in [1.807, 2.05) is 6.07 Å². The molecule has 114 valence electrons. The minimum atomic E-state index is -3.38. The Kier molecular flexibility index (Phi) is 5.57. The topological polar surface area (TPSA) is 75.4 Å². The number of piperidine rings is 1. The second-order valence-corrected chi connectivity index (χ2v) is 8.40. The first-order valence-corrected chi connectivity index (χ1v) is 9.31. The maximum Gasteiger partial charge on any atom is 0.250 e. The number of nitrogens with one attached hydrogen (secondary N) is 1. The largest absolute Gasteiger partial charge is 0.330 e. The van der Waals surface area contributed by atoms with E-state index in [0.29, 0.717) is 23.3 Å². The smallest absolute Gasteiger partial charge is 0.250 e.